The summed E-state index contributed by atoms with van der Waals surface area (Å²) in [6, 6.07) is 5.52. The number of benzene rings is 1. The number of hydrogen-bond donors (Lipinski definition) is 2. The highest BCUT2D eigenvalue weighted by Crippen LogP contribution is 2.58. The molecule has 0 aliphatic carbocycles. The van der Waals surface area contributed by atoms with Crippen molar-refractivity contribution in [3.8, 4) is 0 Å². The van der Waals surface area contributed by atoms with E-state index in [-0.39, 0.29) is 22.7 Å². The van der Waals surface area contributed by atoms with Crippen LogP contribution in [0.4, 0.5) is 11.4 Å². The third-order valence-corrected chi connectivity index (χ3v) is 6.68. The summed E-state index contributed by atoms with van der Waals surface area (Å²) in [5.41, 5.74) is 12.5. The molecule has 144 valence electrons. The summed E-state index contributed by atoms with van der Waals surface area (Å²) in [5, 5.41) is 14.7. The van der Waals surface area contributed by atoms with Crippen LogP contribution >= 0.6 is 19.4 Å². The van der Waals surface area contributed by atoms with Gasteiger partial charge in [-0.15, -0.1) is 0 Å². The number of thioether (sulfide) groups is 1. The van der Waals surface area contributed by atoms with Crippen molar-refractivity contribution < 1.29 is 18.5 Å². The molecule has 12 heteroatoms. The van der Waals surface area contributed by atoms with Gasteiger partial charge in [-0.3, -0.25) is 26.1 Å². The van der Waals surface area contributed by atoms with Gasteiger partial charge >= 0.3 is 7.60 Å². The van der Waals surface area contributed by atoms with Gasteiger partial charge in [-0.1, -0.05) is 0 Å². The molecule has 0 aromatic heterocycles. The summed E-state index contributed by atoms with van der Waals surface area (Å²) in [7, 11) is -3.74. The maximum Gasteiger partial charge on any atom is 0.388 e. The first-order chi connectivity index (χ1) is 11.9. The number of nitrogens with zero attached hydrogens (tertiary/aromatic N) is 3. The molecule has 0 bridgehead atoms. The average Bonchev–Trinajstić information content (AvgIpc) is 2.82. The Morgan fingerprint density at radius 2 is 1.69 bits per heavy atom. The normalized spacial score (nSPS) is 17.1. The standard InChI is InChI=1S/C14H22N5O5PS/c1-9(2)23-25(22,24-10(3)4)13-17-18(14(15,16)26-13)11-5-7-12(8-6-11)19(20)21/h5-10H,15-16H2,1-4H3. The van der Waals surface area contributed by atoms with Crippen molar-refractivity contribution in [1.82, 2.24) is 0 Å². The lowest BCUT2D eigenvalue weighted by Gasteiger charge is -2.28. The number of rotatable bonds is 7. The Labute approximate surface area is 155 Å². The van der Waals surface area contributed by atoms with Gasteiger partial charge in [-0.2, -0.15) is 5.10 Å². The molecule has 0 saturated carbocycles. The van der Waals surface area contributed by atoms with Crippen molar-refractivity contribution in [3.63, 3.8) is 0 Å². The van der Waals surface area contributed by atoms with Gasteiger partial charge in [0.1, 0.15) is 0 Å². The van der Waals surface area contributed by atoms with Crippen molar-refractivity contribution in [2.45, 2.75) is 45.0 Å². The number of hydrazone groups is 1. The molecule has 10 nitrogen and oxygen atoms in total. The molecule has 0 spiro atoms. The predicted octanol–water partition coefficient (Wildman–Crippen LogP) is 2.99. The van der Waals surface area contributed by atoms with Crippen LogP contribution in [0.1, 0.15) is 27.7 Å². The summed E-state index contributed by atoms with van der Waals surface area (Å²) in [4.78, 5) is 10.3. The van der Waals surface area contributed by atoms with E-state index in [4.69, 9.17) is 20.5 Å². The number of hydrogen-bond acceptors (Lipinski definition) is 10. The second-order valence-corrected chi connectivity index (χ2v) is 9.52. The monoisotopic (exact) mass is 403 g/mol. The van der Waals surface area contributed by atoms with Gasteiger partial charge in [0, 0.05) is 12.1 Å². The van der Waals surface area contributed by atoms with E-state index in [1.54, 1.807) is 27.7 Å². The van der Waals surface area contributed by atoms with E-state index in [2.05, 4.69) is 5.10 Å². The first kappa shape index (κ1) is 20.8. The molecular formula is C14H22N5O5PS. The molecular weight excluding hydrogens is 381 g/mol. The van der Waals surface area contributed by atoms with Gasteiger partial charge in [0.05, 0.1) is 22.8 Å². The van der Waals surface area contributed by atoms with Crippen LogP contribution in [-0.4, -0.2) is 27.0 Å². The minimum absolute atomic E-state index is 0.0308. The highest BCUT2D eigenvalue weighted by atomic mass is 32.2. The Hall–Kier alpha value is -1.49. The van der Waals surface area contributed by atoms with Gasteiger partial charge in [-0.25, -0.2) is 5.01 Å². The van der Waals surface area contributed by atoms with E-state index < -0.39 is 17.6 Å². The van der Waals surface area contributed by atoms with Crippen molar-refractivity contribution in [2.24, 2.45) is 16.6 Å². The molecule has 1 aliphatic rings. The highest BCUT2D eigenvalue weighted by molar-refractivity contribution is 8.26. The summed E-state index contributed by atoms with van der Waals surface area (Å²) < 4.78 is 24.3. The van der Waals surface area contributed by atoms with Crippen LogP contribution in [0.3, 0.4) is 0 Å². The predicted molar refractivity (Wildman–Crippen MR) is 102 cm³/mol. The lowest BCUT2D eigenvalue weighted by Crippen LogP contribution is -2.56. The third kappa shape index (κ3) is 4.61. The van der Waals surface area contributed by atoms with Gasteiger partial charge in [0.25, 0.3) is 5.69 Å². The van der Waals surface area contributed by atoms with Crippen LogP contribution in [0.5, 0.6) is 0 Å². The maximum atomic E-state index is 13.2. The van der Waals surface area contributed by atoms with Gasteiger partial charge in [0.15, 0.2) is 0 Å². The van der Waals surface area contributed by atoms with E-state index >= 15 is 0 Å². The molecule has 0 radical (unpaired) electrons. The summed E-state index contributed by atoms with van der Waals surface area (Å²) >= 11 is 0.857. The zero-order valence-corrected chi connectivity index (χ0v) is 16.6. The van der Waals surface area contributed by atoms with Crippen LogP contribution in [0.2, 0.25) is 0 Å². The summed E-state index contributed by atoms with van der Waals surface area (Å²) in [6.07, 6.45) is -0.748. The second kappa shape index (κ2) is 7.63. The maximum absolute atomic E-state index is 13.2. The number of nitro benzene ring substituents is 1. The van der Waals surface area contributed by atoms with E-state index in [0.717, 1.165) is 11.8 Å². The number of nitrogens with two attached hydrogens (primary N) is 2. The molecule has 4 N–H and O–H groups in total. The van der Waals surface area contributed by atoms with Crippen LogP contribution in [-0.2, 0) is 13.6 Å². The average molecular weight is 403 g/mol. The first-order valence-corrected chi connectivity index (χ1v) is 10.2. The van der Waals surface area contributed by atoms with E-state index in [1.165, 1.54) is 29.3 Å². The fourth-order valence-corrected chi connectivity index (χ4v) is 5.46. The van der Waals surface area contributed by atoms with Gasteiger partial charge in [0.2, 0.25) is 9.90 Å². The quantitative estimate of drug-likeness (QED) is 0.303. The Bertz CT molecular complexity index is 739. The summed E-state index contributed by atoms with van der Waals surface area (Å²) in [5.74, 6) is 0. The van der Waals surface area contributed by atoms with Crippen molar-refractivity contribution >= 4 is 35.5 Å². The zero-order chi connectivity index (χ0) is 19.7. The molecule has 1 aromatic rings. The van der Waals surface area contributed by atoms with E-state index in [0.29, 0.717) is 5.69 Å². The van der Waals surface area contributed by atoms with Gasteiger partial charge in [-0.05, 0) is 51.6 Å². The van der Waals surface area contributed by atoms with Crippen LogP contribution in [0.25, 0.3) is 0 Å². The molecule has 1 aromatic carbocycles. The van der Waals surface area contributed by atoms with Crippen LogP contribution in [0.15, 0.2) is 29.4 Å². The largest absolute Gasteiger partial charge is 0.388 e. The molecule has 2 rings (SSSR count). The Morgan fingerprint density at radius 1 is 1.19 bits per heavy atom. The molecule has 26 heavy (non-hydrogen) atoms. The molecule has 0 amide bonds. The summed E-state index contributed by atoms with van der Waals surface area (Å²) in [6.45, 7) is 6.90. The minimum Gasteiger partial charge on any atom is -0.301 e. The van der Waals surface area contributed by atoms with Crippen molar-refractivity contribution in [3.05, 3.63) is 34.4 Å². The first-order valence-electron chi connectivity index (χ1n) is 7.82. The molecule has 0 atom stereocenters. The zero-order valence-electron chi connectivity index (χ0n) is 14.9. The number of nitro groups is 1. The fraction of sp³-hybridized carbons (Fsp3) is 0.500. The third-order valence-electron chi connectivity index (χ3n) is 3.01. The molecule has 0 saturated heterocycles. The number of non-ortho nitro benzene ring substituents is 1. The van der Waals surface area contributed by atoms with Gasteiger partial charge < -0.3 is 9.05 Å². The number of anilines is 1. The Kier molecular flexibility index (Phi) is 6.11. The smallest absolute Gasteiger partial charge is 0.301 e. The lowest BCUT2D eigenvalue weighted by molar-refractivity contribution is -0.384. The molecule has 1 heterocycles. The van der Waals surface area contributed by atoms with Crippen molar-refractivity contribution in [2.75, 3.05) is 5.01 Å². The van der Waals surface area contributed by atoms with Crippen LogP contribution < -0.4 is 16.5 Å². The molecule has 0 fully saturated rings. The fourth-order valence-electron chi connectivity index (χ4n) is 2.13. The second-order valence-electron chi connectivity index (χ2n) is 6.13. The Morgan fingerprint density at radius 3 is 2.12 bits per heavy atom. The highest BCUT2D eigenvalue weighted by Gasteiger charge is 2.47. The molecule has 1 aliphatic heterocycles. The minimum atomic E-state index is -3.74. The molecule has 0 unspecified atom stereocenters. The van der Waals surface area contributed by atoms with E-state index in [1.807, 2.05) is 0 Å². The topological polar surface area (TPSA) is 146 Å². The van der Waals surface area contributed by atoms with Crippen LogP contribution in [0, 0.1) is 10.1 Å². The Balaban J connectivity index is 2.40. The van der Waals surface area contributed by atoms with Crippen molar-refractivity contribution in [1.29, 1.82) is 0 Å². The lowest BCUT2D eigenvalue weighted by atomic mass is 10.3. The van der Waals surface area contributed by atoms with E-state index in [9.17, 15) is 14.7 Å². The SMILES string of the molecule is CC(C)OP(=O)(OC(C)C)C1=NN(c2ccc([N+](=O)[O-])cc2)C(N)(N)S1.